The number of rotatable bonds is 2. The summed E-state index contributed by atoms with van der Waals surface area (Å²) < 4.78 is 17.9. The first-order valence-corrected chi connectivity index (χ1v) is 19.0. The Labute approximate surface area is 314 Å². The largest absolute Gasteiger partial charge is 0.456 e. The SMILES string of the molecule is CC1(C)c2cc3oc4ccc5oc6cc7c(cc6c5c4c3cc2-n2ncc(-c3ccccc3)c2C1(C)C)-n1ncc(-c2ccccc2)c1C(C)(C)C7(C)C. The van der Waals surface area contributed by atoms with Crippen LogP contribution in [-0.4, -0.2) is 19.6 Å². The fourth-order valence-electron chi connectivity index (χ4n) is 9.74. The summed E-state index contributed by atoms with van der Waals surface area (Å²) in [7, 11) is 0. The maximum atomic E-state index is 6.76. The highest BCUT2D eigenvalue weighted by molar-refractivity contribution is 6.26. The maximum Gasteiger partial charge on any atom is 0.136 e. The first-order chi connectivity index (χ1) is 25.8. The second-order valence-electron chi connectivity index (χ2n) is 17.6. The maximum absolute atomic E-state index is 6.76. The van der Waals surface area contributed by atoms with Crippen molar-refractivity contribution < 1.29 is 8.83 Å². The Hall–Kier alpha value is -5.88. The van der Waals surface area contributed by atoms with Crippen LogP contribution in [0.25, 0.3) is 77.5 Å². The minimum absolute atomic E-state index is 0.216. The van der Waals surface area contributed by atoms with Gasteiger partial charge in [-0.25, -0.2) is 9.36 Å². The van der Waals surface area contributed by atoms with Gasteiger partial charge in [-0.05, 0) is 58.7 Å². The Morgan fingerprint density at radius 1 is 0.444 bits per heavy atom. The molecule has 6 heterocycles. The third-order valence-corrected chi connectivity index (χ3v) is 14.1. The molecule has 0 aliphatic carbocycles. The molecule has 0 bridgehead atoms. The number of nitrogens with zero attached hydrogens (tertiary/aromatic N) is 4. The average Bonchev–Trinajstić information content (AvgIpc) is 3.95. The highest BCUT2D eigenvalue weighted by atomic mass is 16.3. The van der Waals surface area contributed by atoms with Gasteiger partial charge < -0.3 is 8.83 Å². The van der Waals surface area contributed by atoms with Crippen molar-refractivity contribution in [1.29, 1.82) is 0 Å². The van der Waals surface area contributed by atoms with Crippen LogP contribution >= 0.6 is 0 Å². The number of benzene rings is 5. The second-order valence-corrected chi connectivity index (χ2v) is 17.6. The number of furan rings is 2. The fourth-order valence-corrected chi connectivity index (χ4v) is 9.74. The molecular weight excluding hydrogens is 665 g/mol. The lowest BCUT2D eigenvalue weighted by molar-refractivity contribution is 0.276. The smallest absolute Gasteiger partial charge is 0.136 e. The average molecular weight is 707 g/mol. The number of hydrogen-bond donors (Lipinski definition) is 0. The molecule has 0 saturated carbocycles. The van der Waals surface area contributed by atoms with E-state index in [2.05, 4.69) is 162 Å². The summed E-state index contributed by atoms with van der Waals surface area (Å²) in [6, 6.07) is 34.5. The Balaban J connectivity index is 1.19. The van der Waals surface area contributed by atoms with Crippen LogP contribution in [0.5, 0.6) is 0 Å². The molecule has 0 N–H and O–H groups in total. The van der Waals surface area contributed by atoms with Crippen LogP contribution in [0.2, 0.25) is 0 Å². The summed E-state index contributed by atoms with van der Waals surface area (Å²) in [4.78, 5) is 0. The van der Waals surface area contributed by atoms with E-state index in [0.717, 1.165) is 55.3 Å². The molecule has 0 amide bonds. The molecule has 11 rings (SSSR count). The Morgan fingerprint density at radius 3 is 1.22 bits per heavy atom. The molecule has 54 heavy (non-hydrogen) atoms. The van der Waals surface area contributed by atoms with Crippen molar-refractivity contribution in [1.82, 2.24) is 19.6 Å². The van der Waals surface area contributed by atoms with E-state index in [-0.39, 0.29) is 21.7 Å². The molecule has 0 fully saturated rings. The van der Waals surface area contributed by atoms with Gasteiger partial charge in [0.1, 0.15) is 22.3 Å². The van der Waals surface area contributed by atoms with Crippen molar-refractivity contribution in [3.63, 3.8) is 0 Å². The summed E-state index contributed by atoms with van der Waals surface area (Å²) in [6.07, 6.45) is 4.07. The number of hydrogen-bond acceptors (Lipinski definition) is 4. The molecule has 6 nitrogen and oxygen atoms in total. The molecule has 0 saturated heterocycles. The minimum atomic E-state index is -0.220. The molecule has 2 aliphatic rings. The number of fused-ring (bicyclic) bond motifs is 13. The molecule has 0 unspecified atom stereocenters. The third kappa shape index (κ3) is 3.71. The zero-order valence-electron chi connectivity index (χ0n) is 32.0. The minimum Gasteiger partial charge on any atom is -0.456 e. The quantitative estimate of drug-likeness (QED) is 0.179. The molecule has 6 heteroatoms. The Bertz CT molecular complexity index is 2830. The molecule has 0 spiro atoms. The van der Waals surface area contributed by atoms with Crippen LogP contribution in [0.15, 0.2) is 118 Å². The van der Waals surface area contributed by atoms with E-state index >= 15 is 0 Å². The van der Waals surface area contributed by atoms with Gasteiger partial charge in [-0.1, -0.05) is 116 Å². The molecule has 9 aromatic rings. The molecule has 266 valence electrons. The first kappa shape index (κ1) is 31.6. The van der Waals surface area contributed by atoms with Gasteiger partial charge in [-0.15, -0.1) is 0 Å². The van der Waals surface area contributed by atoms with Crippen LogP contribution < -0.4 is 0 Å². The van der Waals surface area contributed by atoms with E-state index in [4.69, 9.17) is 19.0 Å². The lowest BCUT2D eigenvalue weighted by Gasteiger charge is -2.47. The Kier molecular flexibility index (Phi) is 5.86. The molecule has 5 aromatic carbocycles. The third-order valence-electron chi connectivity index (χ3n) is 14.1. The van der Waals surface area contributed by atoms with E-state index in [1.165, 1.54) is 44.8 Å². The van der Waals surface area contributed by atoms with Gasteiger partial charge in [-0.3, -0.25) is 0 Å². The van der Waals surface area contributed by atoms with Gasteiger partial charge in [0.15, 0.2) is 0 Å². The zero-order valence-corrected chi connectivity index (χ0v) is 32.0. The van der Waals surface area contributed by atoms with Crippen LogP contribution in [0, 0.1) is 0 Å². The van der Waals surface area contributed by atoms with Crippen molar-refractivity contribution >= 4 is 43.9 Å². The number of aromatic nitrogens is 4. The molecule has 4 aromatic heterocycles. The van der Waals surface area contributed by atoms with Gasteiger partial charge in [0, 0.05) is 54.3 Å². The van der Waals surface area contributed by atoms with Gasteiger partial charge >= 0.3 is 0 Å². The molecule has 0 radical (unpaired) electrons. The fraction of sp³-hybridized carbons (Fsp3) is 0.250. The van der Waals surface area contributed by atoms with E-state index in [1.54, 1.807) is 0 Å². The summed E-state index contributed by atoms with van der Waals surface area (Å²) in [5.74, 6) is 0. The molecular formula is C48H42N4O2. The monoisotopic (exact) mass is 706 g/mol. The van der Waals surface area contributed by atoms with Crippen LogP contribution in [-0.2, 0) is 21.7 Å². The first-order valence-electron chi connectivity index (χ1n) is 19.0. The van der Waals surface area contributed by atoms with E-state index in [9.17, 15) is 0 Å². The van der Waals surface area contributed by atoms with Crippen molar-refractivity contribution in [2.24, 2.45) is 0 Å². The predicted octanol–water partition coefficient (Wildman–Crippen LogP) is 12.3. The Morgan fingerprint density at radius 2 is 0.833 bits per heavy atom. The summed E-state index contributed by atoms with van der Waals surface area (Å²) in [5, 5.41) is 14.4. The van der Waals surface area contributed by atoms with Crippen molar-refractivity contribution in [2.45, 2.75) is 77.0 Å². The topological polar surface area (TPSA) is 61.9 Å². The van der Waals surface area contributed by atoms with Gasteiger partial charge in [0.2, 0.25) is 0 Å². The molecule has 0 atom stereocenters. The van der Waals surface area contributed by atoms with Crippen molar-refractivity contribution in [2.75, 3.05) is 0 Å². The van der Waals surface area contributed by atoms with Crippen molar-refractivity contribution in [3.05, 3.63) is 132 Å². The zero-order chi connectivity index (χ0) is 37.1. The summed E-state index contributed by atoms with van der Waals surface area (Å²) in [5.41, 5.74) is 14.3. The molecule has 2 aliphatic heterocycles. The standard InChI is InChI=1S/C48H42N4O2/c1-45(2)33-23-39-29(21-35(33)51-43(47(45,5)6)31(25-49-51)27-15-11-9-12-16-27)41-37(53-39)19-20-38-42(41)30-22-36-34(24-40(30)54-38)46(3,4)48(7,8)44-32(26-50-52(36)44)28-17-13-10-14-18-28/h9-26H,1-8H3. The van der Waals surface area contributed by atoms with E-state index in [0.29, 0.717) is 0 Å². The van der Waals surface area contributed by atoms with Crippen LogP contribution in [0.4, 0.5) is 0 Å². The highest BCUT2D eigenvalue weighted by Crippen LogP contribution is 2.56. The second kappa shape index (κ2) is 10.00. The van der Waals surface area contributed by atoms with Crippen LogP contribution in [0.1, 0.15) is 77.9 Å². The normalized spacial score (nSPS) is 17.5. The van der Waals surface area contributed by atoms with Gasteiger partial charge in [0.25, 0.3) is 0 Å². The predicted molar refractivity (Wildman–Crippen MR) is 218 cm³/mol. The lowest BCUT2D eigenvalue weighted by atomic mass is 9.59. The van der Waals surface area contributed by atoms with E-state index in [1.807, 2.05) is 12.4 Å². The van der Waals surface area contributed by atoms with Crippen LogP contribution in [0.3, 0.4) is 0 Å². The van der Waals surface area contributed by atoms with Gasteiger partial charge in [0.05, 0.1) is 35.2 Å². The summed E-state index contributed by atoms with van der Waals surface area (Å²) >= 11 is 0. The highest BCUT2D eigenvalue weighted by Gasteiger charge is 2.50. The van der Waals surface area contributed by atoms with E-state index < -0.39 is 0 Å². The van der Waals surface area contributed by atoms with Crippen molar-refractivity contribution in [3.8, 4) is 33.6 Å². The lowest BCUT2D eigenvalue weighted by Crippen LogP contribution is -2.46. The van der Waals surface area contributed by atoms with Gasteiger partial charge in [-0.2, -0.15) is 10.2 Å². The summed E-state index contributed by atoms with van der Waals surface area (Å²) in [6.45, 7) is 18.8.